The molecule has 0 atom stereocenters. The zero-order valence-electron chi connectivity index (χ0n) is 10.2. The fourth-order valence-corrected chi connectivity index (χ4v) is 3.32. The SMILES string of the molecule is NC(=S)c1c(Br)cccc1N(CC1CC1)C1CC1. The van der Waals surface area contributed by atoms with Crippen LogP contribution in [0.4, 0.5) is 5.69 Å². The summed E-state index contributed by atoms with van der Waals surface area (Å²) in [5.74, 6) is 0.878. The Morgan fingerprint density at radius 1 is 1.33 bits per heavy atom. The van der Waals surface area contributed by atoms with E-state index in [2.05, 4.69) is 33.0 Å². The summed E-state index contributed by atoms with van der Waals surface area (Å²) in [7, 11) is 0. The normalized spacial score (nSPS) is 18.7. The number of halogens is 1. The molecule has 0 saturated heterocycles. The van der Waals surface area contributed by atoms with Crippen molar-refractivity contribution in [2.45, 2.75) is 31.7 Å². The molecule has 0 spiro atoms. The summed E-state index contributed by atoms with van der Waals surface area (Å²) in [4.78, 5) is 3.01. The molecule has 1 aromatic rings. The van der Waals surface area contributed by atoms with Crippen LogP contribution in [0, 0.1) is 5.92 Å². The molecule has 18 heavy (non-hydrogen) atoms. The molecule has 2 nitrogen and oxygen atoms in total. The minimum atomic E-state index is 0.485. The van der Waals surface area contributed by atoms with Crippen molar-refractivity contribution in [3.63, 3.8) is 0 Å². The van der Waals surface area contributed by atoms with Gasteiger partial charge in [-0.3, -0.25) is 0 Å². The van der Waals surface area contributed by atoms with Crippen LogP contribution in [0.15, 0.2) is 22.7 Å². The lowest BCUT2D eigenvalue weighted by molar-refractivity contribution is 0.718. The molecule has 0 aromatic heterocycles. The van der Waals surface area contributed by atoms with Crippen LogP contribution >= 0.6 is 28.1 Å². The Hall–Kier alpha value is -0.610. The number of thiocarbonyl (C=S) groups is 1. The summed E-state index contributed by atoms with van der Waals surface area (Å²) in [5, 5.41) is 0. The lowest BCUT2D eigenvalue weighted by atomic mass is 10.1. The second-order valence-corrected chi connectivity index (χ2v) is 6.62. The average Bonchev–Trinajstić information content (AvgIpc) is 3.17. The minimum Gasteiger partial charge on any atom is -0.389 e. The Morgan fingerprint density at radius 2 is 2.06 bits per heavy atom. The summed E-state index contributed by atoms with van der Waals surface area (Å²) in [6.07, 6.45) is 5.35. The van der Waals surface area contributed by atoms with Gasteiger partial charge in [-0.05, 0) is 59.7 Å². The minimum absolute atomic E-state index is 0.485. The molecule has 2 aliphatic carbocycles. The number of rotatable bonds is 5. The standard InChI is InChI=1S/C14H17BrN2S/c15-11-2-1-3-12(13(11)14(16)18)17(10-6-7-10)8-9-4-5-9/h1-3,9-10H,4-8H2,(H2,16,18). The molecule has 1 aromatic carbocycles. The van der Waals surface area contributed by atoms with Gasteiger partial charge in [0.25, 0.3) is 0 Å². The number of anilines is 1. The van der Waals surface area contributed by atoms with Crippen molar-refractivity contribution in [2.75, 3.05) is 11.4 Å². The van der Waals surface area contributed by atoms with Crippen LogP contribution in [-0.4, -0.2) is 17.6 Å². The van der Waals surface area contributed by atoms with Crippen molar-refractivity contribution < 1.29 is 0 Å². The van der Waals surface area contributed by atoms with E-state index in [1.54, 1.807) is 0 Å². The van der Waals surface area contributed by atoms with Crippen LogP contribution in [0.5, 0.6) is 0 Å². The molecule has 96 valence electrons. The highest BCUT2D eigenvalue weighted by Crippen LogP contribution is 2.40. The van der Waals surface area contributed by atoms with Gasteiger partial charge in [0.05, 0.1) is 0 Å². The van der Waals surface area contributed by atoms with Crippen LogP contribution < -0.4 is 10.6 Å². The first-order chi connectivity index (χ1) is 8.66. The van der Waals surface area contributed by atoms with Crippen molar-refractivity contribution in [1.29, 1.82) is 0 Å². The first-order valence-corrected chi connectivity index (χ1v) is 7.72. The number of hydrogen-bond donors (Lipinski definition) is 1. The van der Waals surface area contributed by atoms with E-state index < -0.39 is 0 Å². The first-order valence-electron chi connectivity index (χ1n) is 6.52. The van der Waals surface area contributed by atoms with E-state index >= 15 is 0 Å². The van der Waals surface area contributed by atoms with Gasteiger partial charge < -0.3 is 10.6 Å². The summed E-state index contributed by atoms with van der Waals surface area (Å²) in [5.41, 5.74) is 8.11. The molecule has 0 unspecified atom stereocenters. The predicted octanol–water partition coefficient (Wildman–Crippen LogP) is 3.46. The van der Waals surface area contributed by atoms with Crippen LogP contribution in [0.3, 0.4) is 0 Å². The molecule has 3 rings (SSSR count). The van der Waals surface area contributed by atoms with Gasteiger partial charge in [0.1, 0.15) is 4.99 Å². The van der Waals surface area contributed by atoms with E-state index in [9.17, 15) is 0 Å². The lowest BCUT2D eigenvalue weighted by Crippen LogP contribution is -2.30. The molecule has 0 aliphatic heterocycles. The molecule has 0 amide bonds. The zero-order chi connectivity index (χ0) is 12.7. The first kappa shape index (κ1) is 12.4. The Morgan fingerprint density at radius 3 is 2.61 bits per heavy atom. The number of benzene rings is 1. The van der Waals surface area contributed by atoms with Crippen molar-refractivity contribution in [2.24, 2.45) is 11.7 Å². The summed E-state index contributed by atoms with van der Waals surface area (Å²) in [6.45, 7) is 1.16. The van der Waals surface area contributed by atoms with Crippen molar-refractivity contribution >= 4 is 38.8 Å². The Kier molecular flexibility index (Phi) is 3.32. The molecule has 2 aliphatic rings. The van der Waals surface area contributed by atoms with Crippen molar-refractivity contribution in [1.82, 2.24) is 0 Å². The zero-order valence-corrected chi connectivity index (χ0v) is 12.6. The van der Waals surface area contributed by atoms with E-state index in [1.807, 2.05) is 6.07 Å². The molecule has 2 N–H and O–H groups in total. The Labute approximate surface area is 122 Å². The third kappa shape index (κ3) is 2.54. The van der Waals surface area contributed by atoms with Crippen LogP contribution in [-0.2, 0) is 0 Å². The average molecular weight is 325 g/mol. The quantitative estimate of drug-likeness (QED) is 0.841. The topological polar surface area (TPSA) is 29.3 Å². The highest BCUT2D eigenvalue weighted by molar-refractivity contribution is 9.10. The molecule has 2 fully saturated rings. The van der Waals surface area contributed by atoms with E-state index in [0.717, 1.165) is 22.5 Å². The third-order valence-corrected chi connectivity index (χ3v) is 4.55. The summed E-state index contributed by atoms with van der Waals surface area (Å²) in [6, 6.07) is 6.94. The van der Waals surface area contributed by atoms with Crippen LogP contribution in [0.25, 0.3) is 0 Å². The van der Waals surface area contributed by atoms with Gasteiger partial charge >= 0.3 is 0 Å². The second-order valence-electron chi connectivity index (χ2n) is 5.33. The summed E-state index contributed by atoms with van der Waals surface area (Å²) < 4.78 is 1.01. The van der Waals surface area contributed by atoms with Crippen LogP contribution in [0.2, 0.25) is 0 Å². The fraction of sp³-hybridized carbons (Fsp3) is 0.500. The van der Waals surface area contributed by atoms with Gasteiger partial charge in [0.2, 0.25) is 0 Å². The highest BCUT2D eigenvalue weighted by Gasteiger charge is 2.35. The number of nitrogens with two attached hydrogens (primary N) is 1. The van der Waals surface area contributed by atoms with Gasteiger partial charge in [-0.15, -0.1) is 0 Å². The highest BCUT2D eigenvalue weighted by atomic mass is 79.9. The predicted molar refractivity (Wildman–Crippen MR) is 83.1 cm³/mol. The van der Waals surface area contributed by atoms with E-state index in [4.69, 9.17) is 18.0 Å². The second kappa shape index (κ2) is 4.82. The summed E-state index contributed by atoms with van der Waals surface area (Å²) >= 11 is 8.79. The number of nitrogens with zero attached hydrogens (tertiary/aromatic N) is 1. The lowest BCUT2D eigenvalue weighted by Gasteiger charge is -2.27. The molecule has 2 saturated carbocycles. The third-order valence-electron chi connectivity index (χ3n) is 3.69. The van der Waals surface area contributed by atoms with E-state index in [-0.39, 0.29) is 0 Å². The maximum absolute atomic E-state index is 5.89. The maximum atomic E-state index is 5.89. The van der Waals surface area contributed by atoms with Gasteiger partial charge in [-0.25, -0.2) is 0 Å². The number of hydrogen-bond acceptors (Lipinski definition) is 2. The maximum Gasteiger partial charge on any atom is 0.107 e. The van der Waals surface area contributed by atoms with Gasteiger partial charge in [-0.2, -0.15) is 0 Å². The van der Waals surface area contributed by atoms with Gasteiger partial charge in [0.15, 0.2) is 0 Å². The van der Waals surface area contributed by atoms with Crippen molar-refractivity contribution in [3.8, 4) is 0 Å². The monoisotopic (exact) mass is 324 g/mol. The van der Waals surface area contributed by atoms with Gasteiger partial charge in [0, 0.05) is 28.3 Å². The Balaban J connectivity index is 1.96. The largest absolute Gasteiger partial charge is 0.389 e. The molecule has 4 heteroatoms. The van der Waals surface area contributed by atoms with E-state index in [0.29, 0.717) is 11.0 Å². The smallest absolute Gasteiger partial charge is 0.107 e. The molecular formula is C14H17BrN2S. The fourth-order valence-electron chi connectivity index (χ4n) is 2.40. The molecular weight excluding hydrogens is 308 g/mol. The molecule has 0 radical (unpaired) electrons. The van der Waals surface area contributed by atoms with Gasteiger partial charge in [-0.1, -0.05) is 18.3 Å². The Bertz CT molecular complexity index is 481. The van der Waals surface area contributed by atoms with Crippen molar-refractivity contribution in [3.05, 3.63) is 28.2 Å². The van der Waals surface area contributed by atoms with Crippen LogP contribution in [0.1, 0.15) is 31.2 Å². The van der Waals surface area contributed by atoms with E-state index in [1.165, 1.54) is 31.4 Å². The molecule has 0 bridgehead atoms. The molecule has 0 heterocycles.